The van der Waals surface area contributed by atoms with Crippen molar-refractivity contribution in [3.63, 3.8) is 0 Å². The van der Waals surface area contributed by atoms with Gasteiger partial charge in [0.15, 0.2) is 17.7 Å². The number of para-hydroxylation sites is 1. The zero-order valence-electron chi connectivity index (χ0n) is 11.5. The first-order valence-corrected chi connectivity index (χ1v) is 6.70. The van der Waals surface area contributed by atoms with Crippen LogP contribution in [0.3, 0.4) is 0 Å². The van der Waals surface area contributed by atoms with Gasteiger partial charge in [0.25, 0.3) is 0 Å². The summed E-state index contributed by atoms with van der Waals surface area (Å²) in [6, 6.07) is 11.3. The fourth-order valence-corrected chi connectivity index (χ4v) is 2.52. The Bertz CT molecular complexity index is 648. The number of fused-ring (bicyclic) bond motifs is 1. The smallest absolute Gasteiger partial charge is 0.200 e. The Kier molecular flexibility index (Phi) is 3.75. The number of ether oxygens (including phenoxy) is 2. The highest BCUT2D eigenvalue weighted by atomic mass is 19.2. The molecule has 0 spiro atoms. The minimum absolute atomic E-state index is 0.108. The van der Waals surface area contributed by atoms with Gasteiger partial charge in [0.1, 0.15) is 12.4 Å². The summed E-state index contributed by atoms with van der Waals surface area (Å²) in [5.74, 6) is -1.24. The maximum atomic E-state index is 13.7. The average molecular weight is 291 g/mol. The van der Waals surface area contributed by atoms with Crippen molar-refractivity contribution in [1.29, 1.82) is 0 Å². The summed E-state index contributed by atoms with van der Waals surface area (Å²) < 4.78 is 38.2. The fraction of sp³-hybridized carbons (Fsp3) is 0.250. The maximum Gasteiger partial charge on any atom is 0.200 e. The summed E-state index contributed by atoms with van der Waals surface area (Å²) in [5, 5.41) is 3.14. The molecule has 21 heavy (non-hydrogen) atoms. The van der Waals surface area contributed by atoms with Crippen LogP contribution in [0.25, 0.3) is 0 Å². The normalized spacial score (nSPS) is 20.5. The van der Waals surface area contributed by atoms with Crippen LogP contribution in [0.2, 0.25) is 0 Å². The summed E-state index contributed by atoms with van der Waals surface area (Å²) in [6.07, 6.45) is -0.443. The zero-order chi connectivity index (χ0) is 14.8. The SMILES string of the molecule is CNC1c2ccccc2OCC1Oc1cccc(F)c1F. The van der Waals surface area contributed by atoms with Gasteiger partial charge in [0.05, 0.1) is 6.04 Å². The van der Waals surface area contributed by atoms with Gasteiger partial charge in [0, 0.05) is 5.56 Å². The van der Waals surface area contributed by atoms with Crippen LogP contribution in [0.1, 0.15) is 11.6 Å². The standard InChI is InChI=1S/C16H15F2NO2/c1-19-16-10-5-2-3-7-12(10)20-9-14(16)21-13-8-4-6-11(17)15(13)18/h2-8,14,16,19H,9H2,1H3. The van der Waals surface area contributed by atoms with E-state index in [2.05, 4.69) is 5.32 Å². The molecule has 3 nitrogen and oxygen atoms in total. The minimum Gasteiger partial charge on any atom is -0.489 e. The molecule has 0 saturated heterocycles. The third kappa shape index (κ3) is 2.56. The molecule has 0 fully saturated rings. The van der Waals surface area contributed by atoms with E-state index in [1.165, 1.54) is 12.1 Å². The van der Waals surface area contributed by atoms with Gasteiger partial charge in [-0.25, -0.2) is 4.39 Å². The molecule has 3 rings (SSSR count). The van der Waals surface area contributed by atoms with Gasteiger partial charge in [-0.3, -0.25) is 0 Å². The van der Waals surface area contributed by atoms with Crippen molar-refractivity contribution >= 4 is 0 Å². The second-order valence-electron chi connectivity index (χ2n) is 4.82. The first-order valence-electron chi connectivity index (χ1n) is 6.70. The second-order valence-corrected chi connectivity index (χ2v) is 4.82. The van der Waals surface area contributed by atoms with Crippen LogP contribution < -0.4 is 14.8 Å². The number of hydrogen-bond donors (Lipinski definition) is 1. The molecule has 0 bridgehead atoms. The molecule has 1 aliphatic rings. The van der Waals surface area contributed by atoms with E-state index in [1.54, 1.807) is 7.05 Å². The van der Waals surface area contributed by atoms with E-state index in [0.29, 0.717) is 0 Å². The topological polar surface area (TPSA) is 30.5 Å². The number of likely N-dealkylation sites (N-methyl/N-ethyl adjacent to an activating group) is 1. The summed E-state index contributed by atoms with van der Waals surface area (Å²) in [4.78, 5) is 0. The van der Waals surface area contributed by atoms with Crippen LogP contribution in [0, 0.1) is 11.6 Å². The fourth-order valence-electron chi connectivity index (χ4n) is 2.52. The Morgan fingerprint density at radius 1 is 1.14 bits per heavy atom. The van der Waals surface area contributed by atoms with Gasteiger partial charge in [0.2, 0.25) is 5.82 Å². The van der Waals surface area contributed by atoms with E-state index < -0.39 is 17.7 Å². The van der Waals surface area contributed by atoms with E-state index in [1.807, 2.05) is 24.3 Å². The van der Waals surface area contributed by atoms with Crippen molar-refractivity contribution in [2.45, 2.75) is 12.1 Å². The lowest BCUT2D eigenvalue weighted by Gasteiger charge is -2.33. The van der Waals surface area contributed by atoms with Crippen molar-refractivity contribution in [3.05, 3.63) is 59.7 Å². The van der Waals surface area contributed by atoms with Gasteiger partial charge in [-0.05, 0) is 25.2 Å². The average Bonchev–Trinajstić information content (AvgIpc) is 2.51. The summed E-state index contributed by atoms with van der Waals surface area (Å²) >= 11 is 0. The lowest BCUT2D eigenvalue weighted by atomic mass is 9.98. The number of benzene rings is 2. The van der Waals surface area contributed by atoms with Crippen LogP contribution in [-0.4, -0.2) is 19.8 Å². The van der Waals surface area contributed by atoms with E-state index in [-0.39, 0.29) is 18.4 Å². The molecule has 5 heteroatoms. The highest BCUT2D eigenvalue weighted by Crippen LogP contribution is 2.34. The molecule has 2 aromatic rings. The Morgan fingerprint density at radius 2 is 1.95 bits per heavy atom. The molecule has 0 aliphatic carbocycles. The predicted octanol–water partition coefficient (Wildman–Crippen LogP) is 3.07. The van der Waals surface area contributed by atoms with E-state index in [4.69, 9.17) is 9.47 Å². The van der Waals surface area contributed by atoms with E-state index in [9.17, 15) is 8.78 Å². The molecule has 0 saturated carbocycles. The molecule has 110 valence electrons. The molecule has 1 N–H and O–H groups in total. The van der Waals surface area contributed by atoms with Crippen molar-refractivity contribution in [3.8, 4) is 11.5 Å². The number of halogens is 2. The zero-order valence-corrected chi connectivity index (χ0v) is 11.5. The van der Waals surface area contributed by atoms with Crippen LogP contribution in [-0.2, 0) is 0 Å². The maximum absolute atomic E-state index is 13.7. The van der Waals surface area contributed by atoms with Crippen molar-refractivity contribution in [2.24, 2.45) is 0 Å². The number of hydrogen-bond acceptors (Lipinski definition) is 3. The second kappa shape index (κ2) is 5.69. The molecule has 0 radical (unpaired) electrons. The highest BCUT2D eigenvalue weighted by Gasteiger charge is 2.32. The number of nitrogens with one attached hydrogen (secondary N) is 1. The molecule has 2 unspecified atom stereocenters. The van der Waals surface area contributed by atoms with Gasteiger partial charge >= 0.3 is 0 Å². The minimum atomic E-state index is -0.980. The Labute approximate surface area is 121 Å². The lowest BCUT2D eigenvalue weighted by molar-refractivity contribution is 0.0734. The largest absolute Gasteiger partial charge is 0.489 e. The van der Waals surface area contributed by atoms with Crippen LogP contribution in [0.5, 0.6) is 11.5 Å². The first-order chi connectivity index (χ1) is 10.2. The van der Waals surface area contributed by atoms with E-state index >= 15 is 0 Å². The highest BCUT2D eigenvalue weighted by molar-refractivity contribution is 5.39. The summed E-state index contributed by atoms with van der Waals surface area (Å²) in [5.41, 5.74) is 0.938. The van der Waals surface area contributed by atoms with Crippen LogP contribution in [0.4, 0.5) is 8.78 Å². The van der Waals surface area contributed by atoms with Crippen molar-refractivity contribution in [1.82, 2.24) is 5.32 Å². The third-order valence-electron chi connectivity index (χ3n) is 3.53. The van der Waals surface area contributed by atoms with Crippen molar-refractivity contribution in [2.75, 3.05) is 13.7 Å². The summed E-state index contributed by atoms with van der Waals surface area (Å²) in [6.45, 7) is 0.262. The van der Waals surface area contributed by atoms with Gasteiger partial charge < -0.3 is 14.8 Å². The molecular formula is C16H15F2NO2. The molecule has 1 heterocycles. The number of rotatable bonds is 3. The van der Waals surface area contributed by atoms with Gasteiger partial charge in [-0.15, -0.1) is 0 Å². The van der Waals surface area contributed by atoms with Crippen LogP contribution >= 0.6 is 0 Å². The molecule has 0 amide bonds. The third-order valence-corrected chi connectivity index (χ3v) is 3.53. The van der Waals surface area contributed by atoms with Crippen LogP contribution in [0.15, 0.2) is 42.5 Å². The lowest BCUT2D eigenvalue weighted by Crippen LogP contribution is -2.41. The van der Waals surface area contributed by atoms with Gasteiger partial charge in [-0.2, -0.15) is 4.39 Å². The quantitative estimate of drug-likeness (QED) is 0.942. The molecular weight excluding hydrogens is 276 g/mol. The molecule has 2 atom stereocenters. The molecule has 0 aromatic heterocycles. The predicted molar refractivity (Wildman–Crippen MR) is 74.5 cm³/mol. The molecule has 2 aromatic carbocycles. The molecule has 1 aliphatic heterocycles. The Balaban J connectivity index is 1.88. The van der Waals surface area contributed by atoms with Gasteiger partial charge in [-0.1, -0.05) is 24.3 Å². The Hall–Kier alpha value is -2.14. The summed E-state index contributed by atoms with van der Waals surface area (Å²) in [7, 11) is 1.80. The van der Waals surface area contributed by atoms with E-state index in [0.717, 1.165) is 17.4 Å². The monoisotopic (exact) mass is 291 g/mol. The Morgan fingerprint density at radius 3 is 2.76 bits per heavy atom. The first kappa shape index (κ1) is 13.8. The van der Waals surface area contributed by atoms with Crippen molar-refractivity contribution < 1.29 is 18.3 Å².